The molecule has 0 atom stereocenters. The molecule has 2 N–H and O–H groups in total. The standard InChI is InChI=1S/C15H12ClN3O3/c1-17-13(20)7-12-18-15(22-19-12)10-6-11(16)8-4-2-3-5-9(8)14(10)21/h2-6,21H,7H2,1H3,(H,17,20). The van der Waals surface area contributed by atoms with E-state index in [9.17, 15) is 9.90 Å². The van der Waals surface area contributed by atoms with E-state index in [4.69, 9.17) is 16.1 Å². The van der Waals surface area contributed by atoms with Gasteiger partial charge in [0.05, 0.1) is 12.0 Å². The fourth-order valence-electron chi connectivity index (χ4n) is 2.15. The summed E-state index contributed by atoms with van der Waals surface area (Å²) in [6.45, 7) is 0. The summed E-state index contributed by atoms with van der Waals surface area (Å²) >= 11 is 6.23. The van der Waals surface area contributed by atoms with Gasteiger partial charge in [-0.05, 0) is 6.07 Å². The molecule has 2 aromatic carbocycles. The molecule has 0 saturated carbocycles. The largest absolute Gasteiger partial charge is 0.506 e. The molecule has 0 fully saturated rings. The van der Waals surface area contributed by atoms with Crippen LogP contribution in [0.15, 0.2) is 34.9 Å². The lowest BCUT2D eigenvalue weighted by atomic mass is 10.1. The van der Waals surface area contributed by atoms with Crippen LogP contribution in [-0.4, -0.2) is 28.2 Å². The molecule has 112 valence electrons. The van der Waals surface area contributed by atoms with Crippen LogP contribution < -0.4 is 5.32 Å². The number of aromatic nitrogens is 2. The Labute approximate surface area is 130 Å². The number of aromatic hydroxyl groups is 1. The van der Waals surface area contributed by atoms with E-state index in [-0.39, 0.29) is 29.8 Å². The van der Waals surface area contributed by atoms with Crippen molar-refractivity contribution in [3.8, 4) is 17.2 Å². The number of fused-ring (bicyclic) bond motifs is 1. The first-order chi connectivity index (χ1) is 10.6. The number of nitrogens with zero attached hydrogens (tertiary/aromatic N) is 2. The lowest BCUT2D eigenvalue weighted by Crippen LogP contribution is -2.20. The first kappa shape index (κ1) is 14.3. The Bertz CT molecular complexity index is 860. The van der Waals surface area contributed by atoms with Crippen molar-refractivity contribution in [1.82, 2.24) is 15.5 Å². The maximum absolute atomic E-state index is 11.3. The van der Waals surface area contributed by atoms with Gasteiger partial charge in [-0.3, -0.25) is 4.79 Å². The number of phenolic OH excluding ortho intramolecular Hbond substituents is 1. The van der Waals surface area contributed by atoms with Gasteiger partial charge in [0.1, 0.15) is 5.75 Å². The molecule has 22 heavy (non-hydrogen) atoms. The number of rotatable bonds is 3. The number of carbonyl (C=O) groups excluding carboxylic acids is 1. The van der Waals surface area contributed by atoms with Crippen LogP contribution in [0, 0.1) is 0 Å². The minimum Gasteiger partial charge on any atom is -0.506 e. The van der Waals surface area contributed by atoms with Crippen molar-refractivity contribution >= 4 is 28.3 Å². The Kier molecular flexibility index (Phi) is 3.68. The van der Waals surface area contributed by atoms with E-state index in [1.54, 1.807) is 18.2 Å². The molecule has 0 saturated heterocycles. The molecule has 1 heterocycles. The molecular weight excluding hydrogens is 306 g/mol. The second-order valence-electron chi connectivity index (χ2n) is 4.67. The number of benzene rings is 2. The highest BCUT2D eigenvalue weighted by molar-refractivity contribution is 6.36. The number of hydrogen-bond donors (Lipinski definition) is 2. The monoisotopic (exact) mass is 317 g/mol. The van der Waals surface area contributed by atoms with Crippen LogP contribution in [0.5, 0.6) is 5.75 Å². The summed E-state index contributed by atoms with van der Waals surface area (Å²) in [5.74, 6) is 0.130. The Morgan fingerprint density at radius 3 is 2.82 bits per heavy atom. The van der Waals surface area contributed by atoms with E-state index in [1.807, 2.05) is 12.1 Å². The van der Waals surface area contributed by atoms with Gasteiger partial charge >= 0.3 is 0 Å². The minimum absolute atomic E-state index is 0.00206. The summed E-state index contributed by atoms with van der Waals surface area (Å²) in [5.41, 5.74) is 0.333. The van der Waals surface area contributed by atoms with E-state index in [0.29, 0.717) is 16.0 Å². The molecule has 0 bridgehead atoms. The van der Waals surface area contributed by atoms with Gasteiger partial charge in [0, 0.05) is 22.8 Å². The SMILES string of the molecule is CNC(=O)Cc1noc(-c2cc(Cl)c3ccccc3c2O)n1. The molecule has 0 aliphatic rings. The predicted molar refractivity (Wildman–Crippen MR) is 81.7 cm³/mol. The molecule has 0 aliphatic carbocycles. The van der Waals surface area contributed by atoms with Gasteiger partial charge in [-0.25, -0.2) is 0 Å². The van der Waals surface area contributed by atoms with Crippen LogP contribution in [0.4, 0.5) is 0 Å². The maximum atomic E-state index is 11.3. The summed E-state index contributed by atoms with van der Waals surface area (Å²) in [4.78, 5) is 15.4. The quantitative estimate of drug-likeness (QED) is 0.775. The highest BCUT2D eigenvalue weighted by Gasteiger charge is 2.18. The Hall–Kier alpha value is -2.60. The highest BCUT2D eigenvalue weighted by Crippen LogP contribution is 2.39. The smallest absolute Gasteiger partial charge is 0.261 e. The summed E-state index contributed by atoms with van der Waals surface area (Å²) in [7, 11) is 1.53. The van der Waals surface area contributed by atoms with Crippen LogP contribution in [0.25, 0.3) is 22.2 Å². The van der Waals surface area contributed by atoms with E-state index in [1.165, 1.54) is 7.05 Å². The van der Waals surface area contributed by atoms with Crippen molar-refractivity contribution in [3.63, 3.8) is 0 Å². The molecule has 0 radical (unpaired) electrons. The van der Waals surface area contributed by atoms with Gasteiger partial charge in [0.2, 0.25) is 5.91 Å². The molecule has 1 aromatic heterocycles. The van der Waals surface area contributed by atoms with Crippen LogP contribution in [0.1, 0.15) is 5.82 Å². The molecule has 7 heteroatoms. The molecule has 0 unspecified atom stereocenters. The van der Waals surface area contributed by atoms with E-state index in [0.717, 1.165) is 5.39 Å². The Morgan fingerprint density at radius 1 is 1.36 bits per heavy atom. The number of phenols is 1. The second kappa shape index (κ2) is 5.65. The van der Waals surface area contributed by atoms with Gasteiger partial charge in [-0.1, -0.05) is 41.0 Å². The predicted octanol–water partition coefficient (Wildman–Crippen LogP) is 2.54. The van der Waals surface area contributed by atoms with Gasteiger partial charge in [0.15, 0.2) is 5.82 Å². The molecule has 6 nitrogen and oxygen atoms in total. The summed E-state index contributed by atoms with van der Waals surface area (Å²) < 4.78 is 5.12. The van der Waals surface area contributed by atoms with Crippen LogP contribution in [0.2, 0.25) is 5.02 Å². The zero-order chi connectivity index (χ0) is 15.7. The van der Waals surface area contributed by atoms with Crippen LogP contribution in [0.3, 0.4) is 0 Å². The summed E-state index contributed by atoms with van der Waals surface area (Å²) in [6.07, 6.45) is 0.00206. The molecule has 0 spiro atoms. The normalized spacial score (nSPS) is 10.8. The lowest BCUT2D eigenvalue weighted by Gasteiger charge is -2.06. The molecular formula is C15H12ClN3O3. The third kappa shape index (κ3) is 2.48. The number of carbonyl (C=O) groups is 1. The summed E-state index contributed by atoms with van der Waals surface area (Å²) in [5, 5.41) is 18.4. The van der Waals surface area contributed by atoms with E-state index in [2.05, 4.69) is 15.5 Å². The third-order valence-corrected chi connectivity index (χ3v) is 3.57. The van der Waals surface area contributed by atoms with Gasteiger partial charge in [-0.15, -0.1) is 0 Å². The average Bonchev–Trinajstić information content (AvgIpc) is 2.99. The topological polar surface area (TPSA) is 88.2 Å². The van der Waals surface area contributed by atoms with Gasteiger partial charge < -0.3 is 14.9 Å². The average molecular weight is 318 g/mol. The number of halogens is 1. The number of likely N-dealkylation sites (N-methyl/N-ethyl adjacent to an activating group) is 1. The summed E-state index contributed by atoms with van der Waals surface area (Å²) in [6, 6.07) is 8.76. The van der Waals surface area contributed by atoms with Crippen molar-refractivity contribution < 1.29 is 14.4 Å². The minimum atomic E-state index is -0.229. The van der Waals surface area contributed by atoms with Crippen molar-refractivity contribution in [1.29, 1.82) is 0 Å². The molecule has 3 rings (SSSR count). The highest BCUT2D eigenvalue weighted by atomic mass is 35.5. The maximum Gasteiger partial charge on any atom is 0.261 e. The molecule has 0 aliphatic heterocycles. The molecule has 1 amide bonds. The number of nitrogens with one attached hydrogen (secondary N) is 1. The third-order valence-electron chi connectivity index (χ3n) is 3.26. The zero-order valence-electron chi connectivity index (χ0n) is 11.6. The first-order valence-corrected chi connectivity index (χ1v) is 6.91. The van der Waals surface area contributed by atoms with Gasteiger partial charge in [-0.2, -0.15) is 4.98 Å². The van der Waals surface area contributed by atoms with E-state index < -0.39 is 0 Å². The second-order valence-corrected chi connectivity index (χ2v) is 5.07. The Morgan fingerprint density at radius 2 is 2.09 bits per heavy atom. The zero-order valence-corrected chi connectivity index (χ0v) is 12.4. The van der Waals surface area contributed by atoms with Crippen molar-refractivity contribution in [2.24, 2.45) is 0 Å². The fraction of sp³-hybridized carbons (Fsp3) is 0.133. The first-order valence-electron chi connectivity index (χ1n) is 6.54. The Balaban J connectivity index is 2.07. The fourth-order valence-corrected chi connectivity index (χ4v) is 2.42. The van der Waals surface area contributed by atoms with Crippen molar-refractivity contribution in [2.45, 2.75) is 6.42 Å². The van der Waals surface area contributed by atoms with Gasteiger partial charge in [0.25, 0.3) is 5.89 Å². The van der Waals surface area contributed by atoms with Crippen LogP contribution >= 0.6 is 11.6 Å². The van der Waals surface area contributed by atoms with E-state index >= 15 is 0 Å². The van der Waals surface area contributed by atoms with Crippen molar-refractivity contribution in [3.05, 3.63) is 41.2 Å². The molecule has 3 aromatic rings. The van der Waals surface area contributed by atoms with Crippen LogP contribution in [-0.2, 0) is 11.2 Å². The number of hydrogen-bond acceptors (Lipinski definition) is 5. The van der Waals surface area contributed by atoms with Crippen molar-refractivity contribution in [2.75, 3.05) is 7.05 Å². The lowest BCUT2D eigenvalue weighted by molar-refractivity contribution is -0.120. The number of amides is 1.